The average Bonchev–Trinajstić information content (AvgIpc) is 2.67. The van der Waals surface area contributed by atoms with Crippen molar-refractivity contribution < 1.29 is 0 Å². The van der Waals surface area contributed by atoms with Gasteiger partial charge >= 0.3 is 0 Å². The van der Waals surface area contributed by atoms with Gasteiger partial charge in [-0.15, -0.1) is 0 Å². The normalized spacial score (nSPS) is 10.8. The van der Waals surface area contributed by atoms with Gasteiger partial charge in [-0.2, -0.15) is 10.5 Å². The minimum atomic E-state index is 0.357. The fourth-order valence-corrected chi connectivity index (χ4v) is 4.44. The Kier molecular flexibility index (Phi) is 9.60. The number of nitriles is 2. The Labute approximate surface area is 191 Å². The number of nitrogens with two attached hydrogens (primary N) is 1. The largest absolute Gasteiger partial charge is 0.398 e. The summed E-state index contributed by atoms with van der Waals surface area (Å²) in [4.78, 5) is 0. The molecule has 3 nitrogen and oxygen atoms in total. The maximum absolute atomic E-state index is 8.98. The Morgan fingerprint density at radius 2 is 0.900 bits per heavy atom. The number of hydrogen-bond donors (Lipinski definition) is 1. The number of hydrogen-bond acceptors (Lipinski definition) is 3. The molecule has 0 aliphatic rings. The molecule has 0 saturated heterocycles. The van der Waals surface area contributed by atoms with Crippen molar-refractivity contribution in [1.82, 2.24) is 0 Å². The molecule has 0 amide bonds. The molecule has 0 unspecified atom stereocenters. The van der Waals surface area contributed by atoms with Crippen LogP contribution < -0.4 is 5.73 Å². The second kappa shape index (κ2) is 11.2. The molecule has 0 heterocycles. The zero-order valence-electron chi connectivity index (χ0n) is 19.5. The fraction of sp³-hybridized carbons (Fsp3) is 0.462. The van der Waals surface area contributed by atoms with Crippen molar-refractivity contribution in [2.24, 2.45) is 0 Å². The van der Waals surface area contributed by atoms with Gasteiger partial charge in [-0.1, -0.05) is 71.3 Å². The maximum atomic E-state index is 8.98. The van der Waals surface area contributed by atoms with Crippen molar-refractivity contribution in [3.8, 4) is 12.1 Å². The molecule has 2 aromatic carbocycles. The number of nitrogens with zero attached hydrogens (tertiary/aromatic N) is 2. The monoisotopic (exact) mass is 467 g/mol. The molecule has 0 aromatic heterocycles. The summed E-state index contributed by atoms with van der Waals surface area (Å²) in [6.45, 7) is 17.0. The van der Waals surface area contributed by atoms with Crippen molar-refractivity contribution in [3.63, 3.8) is 0 Å². The molecule has 0 atom stereocenters. The molecule has 2 N–H and O–H groups in total. The molecule has 2 aromatic rings. The van der Waals surface area contributed by atoms with E-state index in [2.05, 4.69) is 83.5 Å². The highest BCUT2D eigenvalue weighted by atomic mass is 79.9. The van der Waals surface area contributed by atoms with E-state index in [1.54, 1.807) is 0 Å². The summed E-state index contributed by atoms with van der Waals surface area (Å²) >= 11 is 3.64. The molecule has 0 saturated carbocycles. The summed E-state index contributed by atoms with van der Waals surface area (Å²) in [5.41, 5.74) is 13.0. The van der Waals surface area contributed by atoms with E-state index >= 15 is 0 Å². The third kappa shape index (κ3) is 6.35. The lowest BCUT2D eigenvalue weighted by Gasteiger charge is -2.16. The number of rotatable bonds is 4. The van der Waals surface area contributed by atoms with Gasteiger partial charge in [0.1, 0.15) is 0 Å². The van der Waals surface area contributed by atoms with E-state index in [0.717, 1.165) is 26.9 Å². The van der Waals surface area contributed by atoms with Gasteiger partial charge in [0.15, 0.2) is 0 Å². The van der Waals surface area contributed by atoms with E-state index in [1.807, 2.05) is 24.3 Å². The molecule has 0 spiro atoms. The molecule has 30 heavy (non-hydrogen) atoms. The second-order valence-electron chi connectivity index (χ2n) is 8.88. The predicted molar refractivity (Wildman–Crippen MR) is 131 cm³/mol. The topological polar surface area (TPSA) is 73.6 Å². The number of halogens is 1. The van der Waals surface area contributed by atoms with Crippen LogP contribution in [0.1, 0.15) is 112 Å². The summed E-state index contributed by atoms with van der Waals surface area (Å²) in [5.74, 6) is 1.59. The summed E-state index contributed by atoms with van der Waals surface area (Å²) in [6.07, 6.45) is 0. The van der Waals surface area contributed by atoms with E-state index in [0.29, 0.717) is 29.2 Å². The van der Waals surface area contributed by atoms with Crippen molar-refractivity contribution in [2.45, 2.75) is 79.1 Å². The van der Waals surface area contributed by atoms with Crippen molar-refractivity contribution >= 4 is 21.6 Å². The molecule has 160 valence electrons. The standard InChI is InChI=1S/C13H16BrN.C13H18N2/c1-8(2)11-5-10(7-15)6-12(9(3)4)13(11)14;1-8(2)11-5-10(7-14)6-12(9(3)4)13(11)15/h5-6,8-9H,1-4H3;5-6,8-9H,15H2,1-4H3. The Bertz CT molecular complexity index is 820. The van der Waals surface area contributed by atoms with Gasteiger partial charge in [-0.3, -0.25) is 0 Å². The molecule has 0 bridgehead atoms. The number of anilines is 1. The highest BCUT2D eigenvalue weighted by Crippen LogP contribution is 2.33. The average molecular weight is 468 g/mol. The van der Waals surface area contributed by atoms with Crippen LogP contribution in [-0.2, 0) is 0 Å². The number of benzene rings is 2. The van der Waals surface area contributed by atoms with Crippen LogP contribution in [0.3, 0.4) is 0 Å². The lowest BCUT2D eigenvalue weighted by atomic mass is 9.91. The van der Waals surface area contributed by atoms with Gasteiger partial charge in [-0.25, -0.2) is 0 Å². The molecule has 0 fully saturated rings. The van der Waals surface area contributed by atoms with Crippen molar-refractivity contribution in [3.05, 3.63) is 62.1 Å². The highest BCUT2D eigenvalue weighted by Gasteiger charge is 2.14. The molecule has 0 radical (unpaired) electrons. The van der Waals surface area contributed by atoms with Gasteiger partial charge in [0.05, 0.1) is 23.3 Å². The van der Waals surface area contributed by atoms with Crippen LogP contribution in [-0.4, -0.2) is 0 Å². The van der Waals surface area contributed by atoms with Crippen molar-refractivity contribution in [2.75, 3.05) is 5.73 Å². The molecule has 2 rings (SSSR count). The summed E-state index contributed by atoms with van der Waals surface area (Å²) in [5, 5.41) is 17.9. The third-order valence-corrected chi connectivity index (χ3v) is 6.03. The maximum Gasteiger partial charge on any atom is 0.0991 e. The lowest BCUT2D eigenvalue weighted by Crippen LogP contribution is -2.04. The van der Waals surface area contributed by atoms with Crippen LogP contribution in [0.4, 0.5) is 5.69 Å². The van der Waals surface area contributed by atoms with E-state index in [4.69, 9.17) is 16.3 Å². The van der Waals surface area contributed by atoms with Gasteiger partial charge in [0.25, 0.3) is 0 Å². The molecular formula is C26H34BrN3. The van der Waals surface area contributed by atoms with E-state index in [9.17, 15) is 0 Å². The quantitative estimate of drug-likeness (QED) is 0.463. The van der Waals surface area contributed by atoms with E-state index in [-0.39, 0.29) is 0 Å². The molecular weight excluding hydrogens is 434 g/mol. The predicted octanol–water partition coefficient (Wildman–Crippen LogP) is 7.95. The second-order valence-corrected chi connectivity index (χ2v) is 9.67. The Morgan fingerprint density at radius 1 is 0.633 bits per heavy atom. The van der Waals surface area contributed by atoms with Crippen LogP contribution in [0.15, 0.2) is 28.7 Å². The Balaban J connectivity index is 0.000000300. The fourth-order valence-electron chi connectivity index (χ4n) is 3.29. The third-order valence-electron chi connectivity index (χ3n) is 5.12. The van der Waals surface area contributed by atoms with Crippen LogP contribution in [0, 0.1) is 22.7 Å². The van der Waals surface area contributed by atoms with Crippen molar-refractivity contribution in [1.29, 1.82) is 10.5 Å². The summed E-state index contributed by atoms with van der Waals surface area (Å²) < 4.78 is 1.16. The molecule has 0 aliphatic carbocycles. The van der Waals surface area contributed by atoms with Crippen LogP contribution in [0.2, 0.25) is 0 Å². The first-order chi connectivity index (χ1) is 13.9. The first kappa shape index (κ1) is 25.7. The first-order valence-electron chi connectivity index (χ1n) is 10.5. The zero-order chi connectivity index (χ0) is 23.2. The lowest BCUT2D eigenvalue weighted by molar-refractivity contribution is 0.822. The van der Waals surface area contributed by atoms with Gasteiger partial charge in [0, 0.05) is 10.2 Å². The van der Waals surface area contributed by atoms with E-state index < -0.39 is 0 Å². The van der Waals surface area contributed by atoms with Gasteiger partial charge in [-0.05, 0) is 70.2 Å². The Hall–Kier alpha value is -2.30. The highest BCUT2D eigenvalue weighted by molar-refractivity contribution is 9.10. The van der Waals surface area contributed by atoms with E-state index in [1.165, 1.54) is 11.1 Å². The minimum Gasteiger partial charge on any atom is -0.398 e. The van der Waals surface area contributed by atoms with Crippen LogP contribution >= 0.6 is 15.9 Å². The smallest absolute Gasteiger partial charge is 0.0991 e. The number of nitrogen functional groups attached to an aromatic ring is 1. The van der Waals surface area contributed by atoms with Gasteiger partial charge < -0.3 is 5.73 Å². The van der Waals surface area contributed by atoms with Crippen LogP contribution in [0.5, 0.6) is 0 Å². The van der Waals surface area contributed by atoms with Gasteiger partial charge in [0.2, 0.25) is 0 Å². The SMILES string of the molecule is CC(C)c1cc(C#N)cc(C(C)C)c1Br.CC(C)c1cc(C#N)cc(C(C)C)c1N. The van der Waals surface area contributed by atoms with Crippen LogP contribution in [0.25, 0.3) is 0 Å². The molecule has 0 aliphatic heterocycles. The minimum absolute atomic E-state index is 0.357. The first-order valence-corrected chi connectivity index (χ1v) is 11.3. The zero-order valence-corrected chi connectivity index (χ0v) is 21.1. The summed E-state index contributed by atoms with van der Waals surface area (Å²) in [6, 6.07) is 12.1. The molecule has 4 heteroatoms. The Morgan fingerprint density at radius 3 is 1.13 bits per heavy atom. The summed E-state index contributed by atoms with van der Waals surface area (Å²) in [7, 11) is 0.